The van der Waals surface area contributed by atoms with E-state index in [4.69, 9.17) is 9.47 Å². The Morgan fingerprint density at radius 1 is 1.39 bits per heavy atom. The van der Waals surface area contributed by atoms with Crippen LogP contribution in [0.4, 0.5) is 0 Å². The molecule has 1 saturated carbocycles. The van der Waals surface area contributed by atoms with E-state index in [9.17, 15) is 0 Å². The minimum atomic E-state index is 0.270. The number of alkyl halides is 1. The van der Waals surface area contributed by atoms with Gasteiger partial charge in [0.05, 0.1) is 23.1 Å². The van der Waals surface area contributed by atoms with Crippen molar-refractivity contribution in [1.29, 1.82) is 0 Å². The molecule has 2 unspecified atom stereocenters. The molecule has 0 amide bonds. The molecule has 0 aromatic heterocycles. The Bertz CT molecular complexity index is 256. The van der Waals surface area contributed by atoms with Crippen LogP contribution in [-0.4, -0.2) is 55.3 Å². The summed E-state index contributed by atoms with van der Waals surface area (Å²) in [4.78, 5) is 2.77. The summed E-state index contributed by atoms with van der Waals surface area (Å²) in [5.74, 6) is 0. The van der Waals surface area contributed by atoms with Crippen LogP contribution in [0.1, 0.15) is 38.5 Å². The van der Waals surface area contributed by atoms with E-state index >= 15 is 0 Å². The Balaban J connectivity index is 1.70. The highest BCUT2D eigenvalue weighted by molar-refractivity contribution is 9.09. The van der Waals surface area contributed by atoms with Gasteiger partial charge in [-0.05, 0) is 32.7 Å². The summed E-state index contributed by atoms with van der Waals surface area (Å²) in [5.41, 5.74) is 0.270. The van der Waals surface area contributed by atoms with E-state index < -0.39 is 0 Å². The second-order valence-corrected chi connectivity index (χ2v) is 7.24. The first-order chi connectivity index (χ1) is 8.63. The highest BCUT2D eigenvalue weighted by atomic mass is 79.9. The molecule has 1 spiro atoms. The number of hydrogen-bond donors (Lipinski definition) is 0. The molecular formula is C14H26BrNO2. The first-order valence-corrected chi connectivity index (χ1v) is 8.04. The summed E-state index contributed by atoms with van der Waals surface area (Å²) in [6, 6.07) is 0. The van der Waals surface area contributed by atoms with Crippen LogP contribution in [0.25, 0.3) is 0 Å². The van der Waals surface area contributed by atoms with E-state index in [2.05, 4.69) is 27.9 Å². The third-order valence-electron chi connectivity index (χ3n) is 4.23. The standard InChI is InChI=1S/C14H26BrNO2/c1-16(9-12(15)11-17-2)10-13-5-8-14(18-13)6-3-4-7-14/h12-13H,3-11H2,1-2H3. The van der Waals surface area contributed by atoms with Crippen LogP contribution in [0.3, 0.4) is 0 Å². The van der Waals surface area contributed by atoms with Crippen LogP contribution >= 0.6 is 15.9 Å². The largest absolute Gasteiger partial charge is 0.383 e. The summed E-state index contributed by atoms with van der Waals surface area (Å²) < 4.78 is 11.5. The monoisotopic (exact) mass is 319 g/mol. The van der Waals surface area contributed by atoms with Gasteiger partial charge in [-0.2, -0.15) is 0 Å². The molecule has 0 radical (unpaired) electrons. The van der Waals surface area contributed by atoms with Gasteiger partial charge in [0.25, 0.3) is 0 Å². The van der Waals surface area contributed by atoms with Crippen molar-refractivity contribution >= 4 is 15.9 Å². The number of ether oxygens (including phenoxy) is 2. The van der Waals surface area contributed by atoms with Crippen LogP contribution in [-0.2, 0) is 9.47 Å². The van der Waals surface area contributed by atoms with E-state index in [1.807, 2.05) is 0 Å². The maximum absolute atomic E-state index is 6.33. The number of likely N-dealkylation sites (N-methyl/N-ethyl adjacent to an activating group) is 1. The van der Waals surface area contributed by atoms with Gasteiger partial charge in [-0.1, -0.05) is 28.8 Å². The van der Waals surface area contributed by atoms with Crippen molar-refractivity contribution in [2.45, 2.75) is 55.1 Å². The van der Waals surface area contributed by atoms with Gasteiger partial charge in [0.15, 0.2) is 0 Å². The summed E-state index contributed by atoms with van der Waals surface area (Å²) >= 11 is 3.64. The molecule has 3 nitrogen and oxygen atoms in total. The highest BCUT2D eigenvalue weighted by Gasteiger charge is 2.42. The fourth-order valence-corrected chi connectivity index (χ4v) is 4.16. The van der Waals surface area contributed by atoms with E-state index in [1.54, 1.807) is 7.11 Å². The van der Waals surface area contributed by atoms with Gasteiger partial charge < -0.3 is 14.4 Å². The van der Waals surface area contributed by atoms with E-state index in [0.29, 0.717) is 10.9 Å². The second kappa shape index (κ2) is 6.69. The zero-order chi connectivity index (χ0) is 13.0. The minimum Gasteiger partial charge on any atom is -0.383 e. The lowest BCUT2D eigenvalue weighted by Crippen LogP contribution is -2.36. The first-order valence-electron chi connectivity index (χ1n) is 7.13. The highest BCUT2D eigenvalue weighted by Crippen LogP contribution is 2.43. The quantitative estimate of drug-likeness (QED) is 0.703. The lowest BCUT2D eigenvalue weighted by molar-refractivity contribution is -0.0452. The van der Waals surface area contributed by atoms with Crippen molar-refractivity contribution in [1.82, 2.24) is 4.90 Å². The molecule has 1 aliphatic carbocycles. The van der Waals surface area contributed by atoms with Crippen molar-refractivity contribution in [3.05, 3.63) is 0 Å². The summed E-state index contributed by atoms with van der Waals surface area (Å²) in [5, 5.41) is 0. The van der Waals surface area contributed by atoms with Crippen molar-refractivity contribution in [2.24, 2.45) is 0 Å². The van der Waals surface area contributed by atoms with Gasteiger partial charge in [-0.25, -0.2) is 0 Å². The normalized spacial score (nSPS) is 28.3. The molecule has 2 fully saturated rings. The third kappa shape index (κ3) is 3.92. The third-order valence-corrected chi connectivity index (χ3v) is 4.78. The fraction of sp³-hybridized carbons (Fsp3) is 1.00. The van der Waals surface area contributed by atoms with E-state index in [0.717, 1.165) is 19.7 Å². The number of rotatable bonds is 6. The Labute approximate surface area is 119 Å². The van der Waals surface area contributed by atoms with Crippen molar-refractivity contribution in [3.8, 4) is 0 Å². The van der Waals surface area contributed by atoms with E-state index in [-0.39, 0.29) is 5.60 Å². The van der Waals surface area contributed by atoms with Gasteiger partial charge in [0, 0.05) is 20.2 Å². The molecule has 2 aliphatic rings. The van der Waals surface area contributed by atoms with Crippen molar-refractivity contribution in [3.63, 3.8) is 0 Å². The van der Waals surface area contributed by atoms with Crippen molar-refractivity contribution < 1.29 is 9.47 Å². The number of nitrogens with zero attached hydrogens (tertiary/aromatic N) is 1. The van der Waals surface area contributed by atoms with Crippen LogP contribution in [0.5, 0.6) is 0 Å². The average Bonchev–Trinajstić information content (AvgIpc) is 2.90. The first kappa shape index (κ1) is 14.8. The maximum Gasteiger partial charge on any atom is 0.0710 e. The molecule has 1 heterocycles. The van der Waals surface area contributed by atoms with Crippen LogP contribution in [0.2, 0.25) is 0 Å². The molecule has 0 aromatic rings. The summed E-state index contributed by atoms with van der Waals surface area (Å²) in [7, 11) is 3.92. The predicted octanol–water partition coefficient (Wildman–Crippen LogP) is 2.82. The molecule has 1 saturated heterocycles. The van der Waals surface area contributed by atoms with Gasteiger partial charge in [0.1, 0.15) is 0 Å². The Hall–Kier alpha value is 0.360. The summed E-state index contributed by atoms with van der Waals surface area (Å²) in [6.07, 6.45) is 8.26. The molecule has 0 N–H and O–H groups in total. The zero-order valence-electron chi connectivity index (χ0n) is 11.7. The predicted molar refractivity (Wildman–Crippen MR) is 77.4 cm³/mol. The van der Waals surface area contributed by atoms with Gasteiger partial charge >= 0.3 is 0 Å². The van der Waals surface area contributed by atoms with Gasteiger partial charge in [-0.3, -0.25) is 0 Å². The molecular weight excluding hydrogens is 294 g/mol. The molecule has 1 aliphatic heterocycles. The smallest absolute Gasteiger partial charge is 0.0710 e. The zero-order valence-corrected chi connectivity index (χ0v) is 13.2. The van der Waals surface area contributed by atoms with E-state index in [1.165, 1.54) is 38.5 Å². The molecule has 0 bridgehead atoms. The fourth-order valence-electron chi connectivity index (χ4n) is 3.41. The molecule has 4 heteroatoms. The lowest BCUT2D eigenvalue weighted by atomic mass is 9.98. The molecule has 18 heavy (non-hydrogen) atoms. The minimum absolute atomic E-state index is 0.270. The average molecular weight is 320 g/mol. The van der Waals surface area contributed by atoms with Crippen LogP contribution in [0.15, 0.2) is 0 Å². The molecule has 0 aromatic carbocycles. The number of hydrogen-bond acceptors (Lipinski definition) is 3. The SMILES string of the molecule is COCC(Br)CN(C)CC1CCC2(CCCC2)O1. The van der Waals surface area contributed by atoms with Crippen LogP contribution in [0, 0.1) is 0 Å². The maximum atomic E-state index is 6.33. The molecule has 2 rings (SSSR count). The van der Waals surface area contributed by atoms with Crippen LogP contribution < -0.4 is 0 Å². The Kier molecular flexibility index (Phi) is 5.48. The topological polar surface area (TPSA) is 21.7 Å². The Morgan fingerprint density at radius 2 is 2.11 bits per heavy atom. The molecule has 2 atom stereocenters. The van der Waals surface area contributed by atoms with Gasteiger partial charge in [0.2, 0.25) is 0 Å². The molecule has 106 valence electrons. The second-order valence-electron chi connectivity index (χ2n) is 5.94. The lowest BCUT2D eigenvalue weighted by Gasteiger charge is -2.27. The Morgan fingerprint density at radius 3 is 2.78 bits per heavy atom. The number of methoxy groups -OCH3 is 1. The van der Waals surface area contributed by atoms with Gasteiger partial charge in [-0.15, -0.1) is 0 Å². The summed E-state index contributed by atoms with van der Waals surface area (Å²) in [6.45, 7) is 2.83. The number of halogens is 1. The van der Waals surface area contributed by atoms with Crippen molar-refractivity contribution in [2.75, 3.05) is 33.9 Å².